The molecule has 0 saturated carbocycles. The highest BCUT2D eigenvalue weighted by atomic mass is 16.5. The summed E-state index contributed by atoms with van der Waals surface area (Å²) in [7, 11) is 2.07. The number of ether oxygens (including phenoxy) is 1. The Morgan fingerprint density at radius 2 is 2.00 bits per heavy atom. The van der Waals surface area contributed by atoms with E-state index in [-0.39, 0.29) is 6.10 Å². The second-order valence-electron chi connectivity index (χ2n) is 5.85. The molecule has 0 bridgehead atoms. The molecule has 120 valence electrons. The second-order valence-corrected chi connectivity index (χ2v) is 5.85. The van der Waals surface area contributed by atoms with Gasteiger partial charge in [-0.15, -0.1) is 0 Å². The summed E-state index contributed by atoms with van der Waals surface area (Å²) in [6, 6.07) is 0. The van der Waals surface area contributed by atoms with Gasteiger partial charge in [-0.05, 0) is 60.2 Å². The van der Waals surface area contributed by atoms with Crippen LogP contribution in [-0.2, 0) is 9.53 Å². The molecule has 0 amide bonds. The zero-order valence-electron chi connectivity index (χ0n) is 13.7. The van der Waals surface area contributed by atoms with E-state index < -0.39 is 11.5 Å². The molecule has 0 radical (unpaired) electrons. The Morgan fingerprint density at radius 3 is 2.50 bits per heavy atom. The maximum absolute atomic E-state index is 11.3. The summed E-state index contributed by atoms with van der Waals surface area (Å²) in [5.41, 5.74) is -0.798. The van der Waals surface area contributed by atoms with E-state index in [9.17, 15) is 9.90 Å². The third-order valence-electron chi connectivity index (χ3n) is 3.43. The van der Waals surface area contributed by atoms with Gasteiger partial charge >= 0.3 is 5.97 Å². The lowest BCUT2D eigenvalue weighted by Crippen LogP contribution is -2.49. The van der Waals surface area contributed by atoms with Crippen LogP contribution in [0.2, 0.25) is 0 Å². The number of carbonyl (C=O) groups is 1. The fourth-order valence-corrected chi connectivity index (χ4v) is 2.08. The molecule has 5 nitrogen and oxygen atoms in total. The van der Waals surface area contributed by atoms with Crippen molar-refractivity contribution in [3.8, 4) is 0 Å². The topological polar surface area (TPSA) is 61.8 Å². The zero-order chi connectivity index (χ0) is 15.6. The van der Waals surface area contributed by atoms with Crippen LogP contribution in [0, 0.1) is 0 Å². The lowest BCUT2D eigenvalue weighted by molar-refractivity contribution is -0.144. The fraction of sp³-hybridized carbons (Fsp3) is 0.933. The van der Waals surface area contributed by atoms with Gasteiger partial charge in [-0.25, -0.2) is 0 Å². The average Bonchev–Trinajstić information content (AvgIpc) is 2.34. The molecule has 2 N–H and O–H groups in total. The Labute approximate surface area is 123 Å². The molecule has 0 spiro atoms. The lowest BCUT2D eigenvalue weighted by atomic mass is 9.95. The van der Waals surface area contributed by atoms with Crippen molar-refractivity contribution in [2.75, 3.05) is 33.3 Å². The molecule has 1 atom stereocenters. The summed E-state index contributed by atoms with van der Waals surface area (Å²) in [5.74, 6) is -0.766. The van der Waals surface area contributed by atoms with Crippen LogP contribution in [0.25, 0.3) is 0 Å². The first kappa shape index (κ1) is 19.4. The van der Waals surface area contributed by atoms with Gasteiger partial charge < -0.3 is 20.1 Å². The quantitative estimate of drug-likeness (QED) is 0.538. The Morgan fingerprint density at radius 1 is 1.35 bits per heavy atom. The molecule has 0 saturated heterocycles. The summed E-state index contributed by atoms with van der Waals surface area (Å²) >= 11 is 0. The summed E-state index contributed by atoms with van der Waals surface area (Å²) in [6.45, 7) is 11.1. The van der Waals surface area contributed by atoms with Crippen molar-refractivity contribution in [1.82, 2.24) is 10.2 Å². The van der Waals surface area contributed by atoms with Crippen LogP contribution >= 0.6 is 0 Å². The summed E-state index contributed by atoms with van der Waals surface area (Å²) in [5, 5.41) is 12.3. The normalized spacial score (nSPS) is 14.8. The first-order chi connectivity index (χ1) is 9.31. The van der Waals surface area contributed by atoms with Crippen LogP contribution in [-0.4, -0.2) is 60.9 Å². The molecular weight excluding hydrogens is 256 g/mol. The molecule has 0 aliphatic heterocycles. The predicted molar refractivity (Wildman–Crippen MR) is 82.2 cm³/mol. The van der Waals surface area contributed by atoms with Gasteiger partial charge in [-0.3, -0.25) is 4.79 Å². The van der Waals surface area contributed by atoms with E-state index in [1.165, 1.54) is 0 Å². The van der Waals surface area contributed by atoms with Gasteiger partial charge in [0.15, 0.2) is 0 Å². The third kappa shape index (κ3) is 8.51. The van der Waals surface area contributed by atoms with Crippen LogP contribution in [0.15, 0.2) is 0 Å². The van der Waals surface area contributed by atoms with Crippen LogP contribution in [0.3, 0.4) is 0 Å². The van der Waals surface area contributed by atoms with Gasteiger partial charge in [0.1, 0.15) is 5.54 Å². The molecule has 5 heteroatoms. The first-order valence-electron chi connectivity index (χ1n) is 7.60. The zero-order valence-corrected chi connectivity index (χ0v) is 13.7. The van der Waals surface area contributed by atoms with Crippen LogP contribution in [0.4, 0.5) is 0 Å². The minimum absolute atomic E-state index is 0.278. The van der Waals surface area contributed by atoms with Crippen molar-refractivity contribution >= 4 is 5.97 Å². The third-order valence-corrected chi connectivity index (χ3v) is 3.43. The number of rotatable bonds is 12. The van der Waals surface area contributed by atoms with Gasteiger partial charge in [0.05, 0.1) is 12.7 Å². The van der Waals surface area contributed by atoms with E-state index in [2.05, 4.69) is 17.3 Å². The van der Waals surface area contributed by atoms with Crippen molar-refractivity contribution in [2.45, 2.75) is 58.6 Å². The summed E-state index contributed by atoms with van der Waals surface area (Å²) in [6.07, 6.45) is 2.85. The van der Waals surface area contributed by atoms with Crippen LogP contribution < -0.4 is 5.32 Å². The molecule has 0 aliphatic rings. The van der Waals surface area contributed by atoms with E-state index in [4.69, 9.17) is 4.74 Å². The number of nitrogens with zero attached hydrogens (tertiary/aromatic N) is 1. The standard InChI is InChI=1S/C15H32N2O3/c1-6-16-15(4,14(18)19)9-7-8-10-17(5)11-12-20-13(2)3/h13,16H,6-12H2,1-5H3,(H,18,19). The Hall–Kier alpha value is -0.650. The molecule has 0 aromatic heterocycles. The highest BCUT2D eigenvalue weighted by Crippen LogP contribution is 2.14. The summed E-state index contributed by atoms with van der Waals surface area (Å²) in [4.78, 5) is 13.5. The number of hydrogen-bond acceptors (Lipinski definition) is 4. The van der Waals surface area contributed by atoms with Crippen molar-refractivity contribution in [2.24, 2.45) is 0 Å². The van der Waals surface area contributed by atoms with E-state index in [1.54, 1.807) is 6.92 Å². The molecule has 0 aromatic rings. The van der Waals surface area contributed by atoms with Gasteiger partial charge in [-0.2, -0.15) is 0 Å². The van der Waals surface area contributed by atoms with Crippen molar-refractivity contribution in [1.29, 1.82) is 0 Å². The lowest BCUT2D eigenvalue weighted by Gasteiger charge is -2.26. The number of carboxylic acids is 1. The molecule has 0 rings (SSSR count). The van der Waals surface area contributed by atoms with Crippen LogP contribution in [0.1, 0.15) is 47.0 Å². The molecular formula is C15H32N2O3. The summed E-state index contributed by atoms with van der Waals surface area (Å²) < 4.78 is 5.51. The number of nitrogens with one attached hydrogen (secondary N) is 1. The number of hydrogen-bond donors (Lipinski definition) is 2. The molecule has 1 unspecified atom stereocenters. The number of carboxylic acid groups (broad SMARTS) is 1. The van der Waals surface area contributed by atoms with E-state index >= 15 is 0 Å². The SMILES string of the molecule is CCNC(C)(CCCCN(C)CCOC(C)C)C(=O)O. The average molecular weight is 288 g/mol. The largest absolute Gasteiger partial charge is 0.480 e. The van der Waals surface area contributed by atoms with Gasteiger partial charge in [0, 0.05) is 6.54 Å². The number of likely N-dealkylation sites (N-methyl/N-ethyl adjacent to an activating group) is 2. The molecule has 20 heavy (non-hydrogen) atoms. The number of unbranched alkanes of at least 4 members (excludes halogenated alkanes) is 1. The van der Waals surface area contributed by atoms with Gasteiger partial charge in [-0.1, -0.05) is 6.92 Å². The van der Waals surface area contributed by atoms with Crippen molar-refractivity contribution in [3.05, 3.63) is 0 Å². The first-order valence-corrected chi connectivity index (χ1v) is 7.60. The smallest absolute Gasteiger partial charge is 0.323 e. The van der Waals surface area contributed by atoms with E-state index in [0.717, 1.165) is 32.5 Å². The Bertz CT molecular complexity index is 272. The van der Waals surface area contributed by atoms with E-state index in [1.807, 2.05) is 20.8 Å². The second kappa shape index (κ2) is 10.1. The number of aliphatic carboxylic acids is 1. The van der Waals surface area contributed by atoms with Crippen molar-refractivity contribution in [3.63, 3.8) is 0 Å². The molecule has 0 fully saturated rings. The van der Waals surface area contributed by atoms with E-state index in [0.29, 0.717) is 13.0 Å². The molecule has 0 aliphatic carbocycles. The Kier molecular flexibility index (Phi) is 9.80. The van der Waals surface area contributed by atoms with Crippen LogP contribution in [0.5, 0.6) is 0 Å². The maximum Gasteiger partial charge on any atom is 0.323 e. The minimum atomic E-state index is -0.798. The fourth-order valence-electron chi connectivity index (χ4n) is 2.08. The minimum Gasteiger partial charge on any atom is -0.480 e. The Balaban J connectivity index is 3.80. The highest BCUT2D eigenvalue weighted by Gasteiger charge is 2.30. The maximum atomic E-state index is 11.3. The monoisotopic (exact) mass is 288 g/mol. The van der Waals surface area contributed by atoms with Gasteiger partial charge in [0.25, 0.3) is 0 Å². The van der Waals surface area contributed by atoms with Crippen molar-refractivity contribution < 1.29 is 14.6 Å². The molecule has 0 heterocycles. The molecule has 0 aromatic carbocycles. The predicted octanol–water partition coefficient (Wildman–Crippen LogP) is 1.97. The van der Waals surface area contributed by atoms with Gasteiger partial charge in [0.2, 0.25) is 0 Å². The highest BCUT2D eigenvalue weighted by molar-refractivity contribution is 5.78.